The van der Waals surface area contributed by atoms with Crippen LogP contribution in [-0.2, 0) is 14.8 Å². The molecule has 1 saturated heterocycles. The zero-order valence-electron chi connectivity index (χ0n) is 11.9. The third kappa shape index (κ3) is 2.54. The number of benzene rings is 1. The van der Waals surface area contributed by atoms with Gasteiger partial charge in [-0.05, 0) is 43.9 Å². The summed E-state index contributed by atoms with van der Waals surface area (Å²) < 4.78 is 33.0. The molecule has 1 aromatic rings. The van der Waals surface area contributed by atoms with Gasteiger partial charge in [-0.2, -0.15) is 4.31 Å². The molecule has 3 rings (SSSR count). The van der Waals surface area contributed by atoms with Gasteiger partial charge in [-0.15, -0.1) is 0 Å². The maximum atomic E-state index is 12.9. The Bertz CT molecular complexity index is 639. The van der Waals surface area contributed by atoms with Crippen molar-refractivity contribution in [2.24, 2.45) is 0 Å². The van der Waals surface area contributed by atoms with Gasteiger partial charge < -0.3 is 10.5 Å². The maximum absolute atomic E-state index is 12.9. The number of nitrogens with zero attached hydrogens (tertiary/aromatic N) is 1. The van der Waals surface area contributed by atoms with Gasteiger partial charge in [-0.25, -0.2) is 8.42 Å². The molecule has 2 fully saturated rings. The van der Waals surface area contributed by atoms with Crippen LogP contribution in [0.15, 0.2) is 17.0 Å². The molecule has 5 nitrogen and oxygen atoms in total. The van der Waals surface area contributed by atoms with Crippen molar-refractivity contribution in [1.82, 2.24) is 4.31 Å². The van der Waals surface area contributed by atoms with E-state index in [1.165, 1.54) is 12.1 Å². The van der Waals surface area contributed by atoms with Crippen LogP contribution in [0, 0.1) is 6.92 Å². The second-order valence-corrected chi connectivity index (χ2v) is 7.94. The highest BCUT2D eigenvalue weighted by atomic mass is 35.5. The highest BCUT2D eigenvalue weighted by molar-refractivity contribution is 7.89. The van der Waals surface area contributed by atoms with Crippen LogP contribution in [0.5, 0.6) is 0 Å². The van der Waals surface area contributed by atoms with E-state index in [1.54, 1.807) is 11.2 Å². The number of anilines is 1. The number of morpholine rings is 1. The van der Waals surface area contributed by atoms with Gasteiger partial charge in [0.25, 0.3) is 0 Å². The Morgan fingerprint density at radius 2 is 2.14 bits per heavy atom. The maximum Gasteiger partial charge on any atom is 0.243 e. The van der Waals surface area contributed by atoms with Gasteiger partial charge >= 0.3 is 0 Å². The first-order valence-electron chi connectivity index (χ1n) is 7.10. The molecule has 1 aliphatic carbocycles. The molecule has 0 radical (unpaired) electrons. The monoisotopic (exact) mass is 330 g/mol. The Hall–Kier alpha value is -0.820. The molecule has 2 N–H and O–H groups in total. The van der Waals surface area contributed by atoms with Crippen molar-refractivity contribution in [2.75, 3.05) is 18.9 Å². The smallest absolute Gasteiger partial charge is 0.243 e. The number of hydrogen-bond acceptors (Lipinski definition) is 4. The minimum atomic E-state index is -3.59. The summed E-state index contributed by atoms with van der Waals surface area (Å²) in [6.45, 7) is 2.60. The Morgan fingerprint density at radius 1 is 1.38 bits per heavy atom. The normalized spacial score (nSPS) is 26.8. The van der Waals surface area contributed by atoms with Crippen molar-refractivity contribution in [1.29, 1.82) is 0 Å². The Balaban J connectivity index is 2.00. The molecule has 2 unspecified atom stereocenters. The molecule has 1 saturated carbocycles. The second-order valence-electron chi connectivity index (χ2n) is 5.64. The van der Waals surface area contributed by atoms with Crippen molar-refractivity contribution >= 4 is 27.3 Å². The number of halogens is 1. The first-order valence-corrected chi connectivity index (χ1v) is 8.92. The molecule has 0 amide bonds. The van der Waals surface area contributed by atoms with Crippen molar-refractivity contribution in [3.8, 4) is 0 Å². The highest BCUT2D eigenvalue weighted by Crippen LogP contribution is 2.35. The number of rotatable bonds is 2. The summed E-state index contributed by atoms with van der Waals surface area (Å²) in [6, 6.07) is 2.92. The molecular formula is C14H19ClN2O3S. The second kappa shape index (κ2) is 5.43. The molecule has 2 aliphatic rings. The topological polar surface area (TPSA) is 72.6 Å². The van der Waals surface area contributed by atoms with E-state index in [0.29, 0.717) is 29.4 Å². The Kier molecular flexibility index (Phi) is 3.90. The number of fused-ring (bicyclic) bond motifs is 1. The molecule has 116 valence electrons. The molecule has 1 heterocycles. The van der Waals surface area contributed by atoms with Crippen LogP contribution in [0.2, 0.25) is 5.02 Å². The van der Waals surface area contributed by atoms with Gasteiger partial charge in [0.2, 0.25) is 10.0 Å². The number of nitrogen functional groups attached to an aromatic ring is 1. The summed E-state index contributed by atoms with van der Waals surface area (Å²) in [5.41, 5.74) is 6.97. The Morgan fingerprint density at radius 3 is 2.86 bits per heavy atom. The minimum Gasteiger partial charge on any atom is -0.398 e. The zero-order chi connectivity index (χ0) is 15.2. The average molecular weight is 331 g/mol. The van der Waals surface area contributed by atoms with Gasteiger partial charge in [0.15, 0.2) is 0 Å². The SMILES string of the molecule is Cc1c(N)cc(S(=O)(=O)N2CCOC3CCCC32)cc1Cl. The third-order valence-electron chi connectivity index (χ3n) is 4.40. The number of sulfonamides is 1. The highest BCUT2D eigenvalue weighted by Gasteiger charge is 2.42. The first kappa shape index (κ1) is 15.1. The summed E-state index contributed by atoms with van der Waals surface area (Å²) in [6.07, 6.45) is 2.79. The lowest BCUT2D eigenvalue weighted by molar-refractivity contribution is -0.0241. The lowest BCUT2D eigenvalue weighted by Crippen LogP contribution is -2.51. The van der Waals surface area contributed by atoms with Crippen molar-refractivity contribution in [3.05, 3.63) is 22.7 Å². The molecule has 2 atom stereocenters. The third-order valence-corrected chi connectivity index (χ3v) is 6.69. The fourth-order valence-corrected chi connectivity index (χ4v) is 5.16. The summed E-state index contributed by atoms with van der Waals surface area (Å²) in [5, 5.41) is 0.379. The lowest BCUT2D eigenvalue weighted by atomic mass is 10.2. The standard InChI is InChI=1S/C14H19ClN2O3S/c1-9-11(15)7-10(8-12(9)16)21(18,19)17-5-6-20-14-4-2-3-13(14)17/h7-8,13-14H,2-6,16H2,1H3. The zero-order valence-corrected chi connectivity index (χ0v) is 13.5. The van der Waals surface area contributed by atoms with E-state index in [1.807, 2.05) is 0 Å². The Labute approximate surface area is 130 Å². The van der Waals surface area contributed by atoms with Crippen LogP contribution in [0.1, 0.15) is 24.8 Å². The number of nitrogens with two attached hydrogens (primary N) is 1. The van der Waals surface area contributed by atoms with Crippen molar-refractivity contribution in [2.45, 2.75) is 43.2 Å². The van der Waals surface area contributed by atoms with Crippen LogP contribution >= 0.6 is 11.6 Å². The predicted octanol–water partition coefficient (Wildman–Crippen LogP) is 2.17. The van der Waals surface area contributed by atoms with E-state index in [9.17, 15) is 8.42 Å². The van der Waals surface area contributed by atoms with E-state index in [2.05, 4.69) is 0 Å². The lowest BCUT2D eigenvalue weighted by Gasteiger charge is -2.36. The first-order chi connectivity index (χ1) is 9.91. The van der Waals surface area contributed by atoms with Gasteiger partial charge in [-0.1, -0.05) is 11.6 Å². The predicted molar refractivity (Wildman–Crippen MR) is 81.9 cm³/mol. The van der Waals surface area contributed by atoms with E-state index in [4.69, 9.17) is 22.1 Å². The molecule has 0 bridgehead atoms. The minimum absolute atomic E-state index is 0.0202. The van der Waals surface area contributed by atoms with Crippen LogP contribution in [0.25, 0.3) is 0 Å². The quantitative estimate of drug-likeness (QED) is 0.843. The van der Waals surface area contributed by atoms with Crippen LogP contribution in [-0.4, -0.2) is 38.0 Å². The van der Waals surface area contributed by atoms with Crippen LogP contribution in [0.4, 0.5) is 5.69 Å². The van der Waals surface area contributed by atoms with Gasteiger partial charge in [-0.3, -0.25) is 0 Å². The van der Waals surface area contributed by atoms with E-state index >= 15 is 0 Å². The summed E-state index contributed by atoms with van der Waals surface area (Å²) in [4.78, 5) is 0.170. The van der Waals surface area contributed by atoms with E-state index < -0.39 is 10.0 Å². The molecule has 21 heavy (non-hydrogen) atoms. The molecule has 1 aliphatic heterocycles. The average Bonchev–Trinajstić information content (AvgIpc) is 2.92. The fourth-order valence-electron chi connectivity index (χ4n) is 3.15. The molecule has 7 heteroatoms. The van der Waals surface area contributed by atoms with Crippen LogP contribution < -0.4 is 5.73 Å². The van der Waals surface area contributed by atoms with Gasteiger partial charge in [0.05, 0.1) is 23.6 Å². The van der Waals surface area contributed by atoms with Crippen molar-refractivity contribution in [3.63, 3.8) is 0 Å². The molecule has 1 aromatic carbocycles. The van der Waals surface area contributed by atoms with Gasteiger partial charge in [0.1, 0.15) is 0 Å². The van der Waals surface area contributed by atoms with Crippen molar-refractivity contribution < 1.29 is 13.2 Å². The fraction of sp³-hybridized carbons (Fsp3) is 0.571. The molecule has 0 spiro atoms. The number of ether oxygens (including phenoxy) is 1. The summed E-state index contributed by atoms with van der Waals surface area (Å²) in [7, 11) is -3.59. The largest absolute Gasteiger partial charge is 0.398 e. The summed E-state index contributed by atoms with van der Waals surface area (Å²) in [5.74, 6) is 0. The van der Waals surface area contributed by atoms with E-state index in [0.717, 1.165) is 19.3 Å². The van der Waals surface area contributed by atoms with E-state index in [-0.39, 0.29) is 17.0 Å². The number of hydrogen-bond donors (Lipinski definition) is 1. The molecular weight excluding hydrogens is 312 g/mol. The molecule has 0 aromatic heterocycles. The summed E-state index contributed by atoms with van der Waals surface area (Å²) >= 11 is 6.09. The van der Waals surface area contributed by atoms with Crippen LogP contribution in [0.3, 0.4) is 0 Å². The van der Waals surface area contributed by atoms with Gasteiger partial charge in [0, 0.05) is 17.3 Å².